The number of aryl methyl sites for hydroxylation is 1. The predicted octanol–water partition coefficient (Wildman–Crippen LogP) is 2.31. The standard InChI is InChI=1S/C11H15.2CH4O.Ti/c1-9-6-5-7-10(8-9)11(2,3)4;2*1-2;/h5-6,8H,1-4H3;2*2H,1H3;/q-1;;;. The van der Waals surface area contributed by atoms with Gasteiger partial charge in [0.25, 0.3) is 0 Å². The molecule has 0 aliphatic carbocycles. The molecule has 0 radical (unpaired) electrons. The molecule has 3 heteroatoms. The van der Waals surface area contributed by atoms with Gasteiger partial charge in [-0.25, -0.2) is 0 Å². The molecule has 0 aliphatic heterocycles. The van der Waals surface area contributed by atoms with E-state index in [9.17, 15) is 0 Å². The fourth-order valence-corrected chi connectivity index (χ4v) is 1.01. The topological polar surface area (TPSA) is 40.5 Å². The van der Waals surface area contributed by atoms with E-state index < -0.39 is 0 Å². The normalized spacial score (nSPS) is 8.75. The van der Waals surface area contributed by atoms with E-state index in [1.54, 1.807) is 0 Å². The molecule has 0 saturated carbocycles. The van der Waals surface area contributed by atoms with E-state index in [-0.39, 0.29) is 27.1 Å². The molecule has 0 spiro atoms. The zero-order valence-corrected chi connectivity index (χ0v) is 12.7. The molecule has 2 N–H and O–H groups in total. The van der Waals surface area contributed by atoms with Gasteiger partial charge in [-0.3, -0.25) is 0 Å². The molecule has 0 amide bonds. The van der Waals surface area contributed by atoms with Crippen molar-refractivity contribution in [1.82, 2.24) is 0 Å². The van der Waals surface area contributed by atoms with Crippen molar-refractivity contribution in [3.05, 3.63) is 35.4 Å². The van der Waals surface area contributed by atoms with Crippen LogP contribution in [0.4, 0.5) is 0 Å². The Kier molecular flexibility index (Phi) is 15.0. The van der Waals surface area contributed by atoms with Gasteiger partial charge in [-0.1, -0.05) is 27.7 Å². The maximum absolute atomic E-state index is 7.00. The van der Waals surface area contributed by atoms with Crippen LogP contribution < -0.4 is 0 Å². The minimum Gasteiger partial charge on any atom is -0.400 e. The fourth-order valence-electron chi connectivity index (χ4n) is 1.01. The summed E-state index contributed by atoms with van der Waals surface area (Å²) in [5.41, 5.74) is 2.83. The third-order valence-electron chi connectivity index (χ3n) is 1.77. The molecular weight excluding hydrogens is 236 g/mol. The van der Waals surface area contributed by atoms with E-state index in [1.807, 2.05) is 6.07 Å². The van der Waals surface area contributed by atoms with Crippen LogP contribution in [0.3, 0.4) is 0 Å². The van der Waals surface area contributed by atoms with Crippen LogP contribution in [0.15, 0.2) is 18.2 Å². The Morgan fingerprint density at radius 2 is 1.50 bits per heavy atom. The Morgan fingerprint density at radius 1 is 1.06 bits per heavy atom. The molecule has 1 rings (SSSR count). The number of hydrogen-bond acceptors (Lipinski definition) is 2. The average Bonchev–Trinajstić information content (AvgIpc) is 2.23. The summed E-state index contributed by atoms with van der Waals surface area (Å²) >= 11 is 0. The molecule has 0 aliphatic rings. The Balaban J connectivity index is -0.000000305. The number of aliphatic hydroxyl groups excluding tert-OH is 2. The molecule has 0 unspecified atom stereocenters. The van der Waals surface area contributed by atoms with Gasteiger partial charge < -0.3 is 10.2 Å². The Labute approximate surface area is 115 Å². The summed E-state index contributed by atoms with van der Waals surface area (Å²) in [4.78, 5) is 0. The molecule has 0 atom stereocenters. The number of benzene rings is 1. The first-order valence-electron chi connectivity index (χ1n) is 4.88. The van der Waals surface area contributed by atoms with Crippen molar-refractivity contribution in [2.75, 3.05) is 14.2 Å². The maximum atomic E-state index is 7.00. The number of rotatable bonds is 0. The van der Waals surface area contributed by atoms with Gasteiger partial charge in [-0.2, -0.15) is 35.4 Å². The number of hydrogen-bond donors (Lipinski definition) is 2. The van der Waals surface area contributed by atoms with E-state index in [2.05, 4.69) is 45.9 Å². The first-order chi connectivity index (χ1) is 7.00. The van der Waals surface area contributed by atoms with Gasteiger partial charge in [0.05, 0.1) is 0 Å². The minimum absolute atomic E-state index is 0. The van der Waals surface area contributed by atoms with Gasteiger partial charge >= 0.3 is 0 Å². The van der Waals surface area contributed by atoms with E-state index in [1.165, 1.54) is 11.1 Å². The SMILES string of the molecule is CO.CO.Cc1cc[c-]c(C(C)(C)C)c1.[Ti]. The summed E-state index contributed by atoms with van der Waals surface area (Å²) in [6.45, 7) is 8.73. The molecule has 0 saturated heterocycles. The monoisotopic (exact) mass is 259 g/mol. The van der Waals surface area contributed by atoms with Crippen LogP contribution >= 0.6 is 0 Å². The first-order valence-corrected chi connectivity index (χ1v) is 4.88. The zero-order chi connectivity index (χ0) is 12.5. The van der Waals surface area contributed by atoms with Gasteiger partial charge in [0.1, 0.15) is 0 Å². The van der Waals surface area contributed by atoms with Crippen molar-refractivity contribution in [1.29, 1.82) is 0 Å². The second-order valence-corrected chi connectivity index (χ2v) is 4.03. The van der Waals surface area contributed by atoms with Gasteiger partial charge in [-0.05, 0) is 5.41 Å². The summed E-state index contributed by atoms with van der Waals surface area (Å²) in [5.74, 6) is 0. The Hall–Kier alpha value is -0.146. The van der Waals surface area contributed by atoms with E-state index in [0.29, 0.717) is 0 Å². The molecule has 0 heterocycles. The molecular formula is C13H23O2Ti-. The molecule has 0 aromatic heterocycles. The van der Waals surface area contributed by atoms with Crippen molar-refractivity contribution in [2.45, 2.75) is 33.1 Å². The van der Waals surface area contributed by atoms with E-state index in [0.717, 1.165) is 14.2 Å². The third kappa shape index (κ3) is 9.11. The first kappa shape index (κ1) is 21.2. The molecule has 1 aromatic rings. The largest absolute Gasteiger partial charge is 0.400 e. The van der Waals surface area contributed by atoms with E-state index in [4.69, 9.17) is 10.2 Å². The van der Waals surface area contributed by atoms with Crippen molar-refractivity contribution in [3.63, 3.8) is 0 Å². The van der Waals surface area contributed by atoms with Crippen molar-refractivity contribution >= 4 is 0 Å². The van der Waals surface area contributed by atoms with Crippen LogP contribution in [-0.2, 0) is 27.1 Å². The molecule has 16 heavy (non-hydrogen) atoms. The second-order valence-electron chi connectivity index (χ2n) is 4.03. The summed E-state index contributed by atoms with van der Waals surface area (Å²) in [5, 5.41) is 14.0. The Morgan fingerprint density at radius 3 is 1.75 bits per heavy atom. The maximum Gasteiger partial charge on any atom is 0.0319 e. The smallest absolute Gasteiger partial charge is 0.0319 e. The van der Waals surface area contributed by atoms with Gasteiger partial charge in [0.15, 0.2) is 0 Å². The van der Waals surface area contributed by atoms with Gasteiger partial charge in [0, 0.05) is 35.9 Å². The summed E-state index contributed by atoms with van der Waals surface area (Å²) < 4.78 is 0. The van der Waals surface area contributed by atoms with Crippen LogP contribution in [0, 0.1) is 13.0 Å². The molecule has 0 bridgehead atoms. The summed E-state index contributed by atoms with van der Waals surface area (Å²) in [7, 11) is 2.00. The quantitative estimate of drug-likeness (QED) is 0.554. The fraction of sp³-hybridized carbons (Fsp3) is 0.538. The Bertz CT molecular complexity index is 254. The van der Waals surface area contributed by atoms with E-state index >= 15 is 0 Å². The molecule has 1 aromatic carbocycles. The molecule has 2 nitrogen and oxygen atoms in total. The van der Waals surface area contributed by atoms with Crippen molar-refractivity contribution < 1.29 is 31.9 Å². The average molecular weight is 259 g/mol. The van der Waals surface area contributed by atoms with Crippen molar-refractivity contribution in [3.8, 4) is 0 Å². The van der Waals surface area contributed by atoms with Crippen LogP contribution in [0.25, 0.3) is 0 Å². The third-order valence-corrected chi connectivity index (χ3v) is 1.77. The minimum atomic E-state index is 0. The summed E-state index contributed by atoms with van der Waals surface area (Å²) in [6, 6.07) is 9.52. The second kappa shape index (κ2) is 11.3. The number of aliphatic hydroxyl groups is 2. The van der Waals surface area contributed by atoms with Crippen LogP contribution in [0.1, 0.15) is 31.9 Å². The van der Waals surface area contributed by atoms with Gasteiger partial charge in [0.2, 0.25) is 0 Å². The molecule has 92 valence electrons. The van der Waals surface area contributed by atoms with Crippen molar-refractivity contribution in [2.24, 2.45) is 0 Å². The molecule has 0 fully saturated rings. The van der Waals surface area contributed by atoms with Crippen LogP contribution in [0.5, 0.6) is 0 Å². The summed E-state index contributed by atoms with van der Waals surface area (Å²) in [6.07, 6.45) is 0. The van der Waals surface area contributed by atoms with Gasteiger partial charge in [-0.15, -0.1) is 0 Å². The van der Waals surface area contributed by atoms with Crippen LogP contribution in [-0.4, -0.2) is 24.4 Å². The predicted molar refractivity (Wildman–Crippen MR) is 65.0 cm³/mol. The van der Waals surface area contributed by atoms with Crippen LogP contribution in [0.2, 0.25) is 0 Å². The zero-order valence-electron chi connectivity index (χ0n) is 11.1.